The first-order valence-corrected chi connectivity index (χ1v) is 8.52. The summed E-state index contributed by atoms with van der Waals surface area (Å²) in [5.41, 5.74) is 9.97. The van der Waals surface area contributed by atoms with E-state index in [4.69, 9.17) is 10.5 Å². The number of hydrogen-bond donors (Lipinski definition) is 3. The second-order valence-electron chi connectivity index (χ2n) is 5.85. The summed E-state index contributed by atoms with van der Waals surface area (Å²) in [6.45, 7) is 2.11. The topological polar surface area (TPSA) is 102 Å². The molecule has 0 bridgehead atoms. The third kappa shape index (κ3) is 4.33. The molecule has 0 saturated carbocycles. The van der Waals surface area contributed by atoms with E-state index in [1.807, 2.05) is 12.1 Å². The second kappa shape index (κ2) is 8.18. The molecule has 7 heteroatoms. The molecule has 4 N–H and O–H groups in total. The molecule has 1 aromatic heterocycles. The van der Waals surface area contributed by atoms with Gasteiger partial charge in [0.25, 0.3) is 0 Å². The third-order valence-electron chi connectivity index (χ3n) is 4.08. The molecular weight excluding hydrogens is 342 g/mol. The molecule has 27 heavy (non-hydrogen) atoms. The number of aryl methyl sites for hydroxylation is 1. The Bertz CT molecular complexity index is 924. The summed E-state index contributed by atoms with van der Waals surface area (Å²) in [7, 11) is 1.35. The van der Waals surface area contributed by atoms with E-state index in [1.165, 1.54) is 19.0 Å². The Hall–Kier alpha value is -3.61. The number of nitrogens with zero attached hydrogens (tertiary/aromatic N) is 2. The number of ether oxygens (including phenoxy) is 1. The highest BCUT2D eigenvalue weighted by atomic mass is 16.5. The van der Waals surface area contributed by atoms with E-state index in [0.29, 0.717) is 22.9 Å². The van der Waals surface area contributed by atoms with Crippen LogP contribution >= 0.6 is 0 Å². The summed E-state index contributed by atoms with van der Waals surface area (Å²) in [4.78, 5) is 19.9. The minimum atomic E-state index is -0.385. The van der Waals surface area contributed by atoms with Crippen LogP contribution in [0, 0.1) is 0 Å². The minimum absolute atomic E-state index is 0.385. The summed E-state index contributed by atoms with van der Waals surface area (Å²) in [5.74, 6) is 0.607. The Morgan fingerprint density at radius 1 is 0.963 bits per heavy atom. The minimum Gasteiger partial charge on any atom is -0.465 e. The summed E-state index contributed by atoms with van der Waals surface area (Å²) in [5, 5.41) is 6.34. The second-order valence-corrected chi connectivity index (χ2v) is 5.85. The molecule has 2 aromatic carbocycles. The van der Waals surface area contributed by atoms with Crippen molar-refractivity contribution in [2.75, 3.05) is 23.5 Å². The lowest BCUT2D eigenvalue weighted by atomic mass is 10.1. The maximum atomic E-state index is 11.5. The molecule has 7 nitrogen and oxygen atoms in total. The molecule has 0 unspecified atom stereocenters. The average molecular weight is 363 g/mol. The fourth-order valence-electron chi connectivity index (χ4n) is 2.50. The fraction of sp³-hybridized carbons (Fsp3) is 0.150. The highest BCUT2D eigenvalue weighted by Crippen LogP contribution is 2.28. The van der Waals surface area contributed by atoms with Crippen molar-refractivity contribution in [2.24, 2.45) is 0 Å². The van der Waals surface area contributed by atoms with Crippen LogP contribution in [0.15, 0.2) is 54.9 Å². The number of nitrogens with one attached hydrogen (secondary N) is 2. The number of benzene rings is 2. The predicted octanol–water partition coefficient (Wildman–Crippen LogP) is 3.90. The van der Waals surface area contributed by atoms with Crippen molar-refractivity contribution in [3.63, 3.8) is 0 Å². The Labute approximate surface area is 157 Å². The molecule has 138 valence electrons. The quantitative estimate of drug-likeness (QED) is 0.571. The number of nitrogen functional groups attached to an aromatic ring is 1. The van der Waals surface area contributed by atoms with Gasteiger partial charge in [0.2, 0.25) is 0 Å². The van der Waals surface area contributed by atoms with Gasteiger partial charge in [-0.15, -0.1) is 0 Å². The van der Waals surface area contributed by atoms with Gasteiger partial charge >= 0.3 is 5.97 Å². The van der Waals surface area contributed by atoms with Crippen molar-refractivity contribution < 1.29 is 9.53 Å². The number of carbonyl (C=O) groups excluding carboxylic acids is 1. The summed E-state index contributed by atoms with van der Waals surface area (Å²) in [6.07, 6.45) is 2.42. The van der Waals surface area contributed by atoms with Crippen LogP contribution in [0.5, 0.6) is 0 Å². The monoisotopic (exact) mass is 363 g/mol. The van der Waals surface area contributed by atoms with Crippen LogP contribution in [0.4, 0.5) is 28.7 Å². The van der Waals surface area contributed by atoms with Crippen LogP contribution in [0.1, 0.15) is 22.8 Å². The van der Waals surface area contributed by atoms with Gasteiger partial charge in [-0.3, -0.25) is 0 Å². The van der Waals surface area contributed by atoms with Gasteiger partial charge in [0.05, 0.1) is 12.7 Å². The molecule has 0 atom stereocenters. The van der Waals surface area contributed by atoms with E-state index in [-0.39, 0.29) is 5.97 Å². The Morgan fingerprint density at radius 3 is 1.96 bits per heavy atom. The van der Waals surface area contributed by atoms with E-state index < -0.39 is 0 Å². The van der Waals surface area contributed by atoms with Gasteiger partial charge in [0.15, 0.2) is 11.6 Å². The largest absolute Gasteiger partial charge is 0.465 e. The van der Waals surface area contributed by atoms with E-state index in [9.17, 15) is 4.79 Å². The van der Waals surface area contributed by atoms with Crippen LogP contribution in [-0.4, -0.2) is 23.0 Å². The number of esters is 1. The smallest absolute Gasteiger partial charge is 0.337 e. The molecule has 0 aliphatic rings. The van der Waals surface area contributed by atoms with Crippen molar-refractivity contribution in [3.8, 4) is 0 Å². The van der Waals surface area contributed by atoms with E-state index in [2.05, 4.69) is 39.7 Å². The molecule has 0 aliphatic carbocycles. The van der Waals surface area contributed by atoms with E-state index in [1.54, 1.807) is 24.3 Å². The lowest BCUT2D eigenvalue weighted by Gasteiger charge is -2.13. The van der Waals surface area contributed by atoms with Crippen molar-refractivity contribution in [1.29, 1.82) is 0 Å². The van der Waals surface area contributed by atoms with Crippen LogP contribution in [0.3, 0.4) is 0 Å². The van der Waals surface area contributed by atoms with Crippen molar-refractivity contribution in [2.45, 2.75) is 13.3 Å². The molecule has 0 saturated heterocycles. The first kappa shape index (κ1) is 18.2. The number of aromatic nitrogens is 2. The van der Waals surface area contributed by atoms with Gasteiger partial charge < -0.3 is 21.1 Å². The average Bonchev–Trinajstić information content (AvgIpc) is 2.71. The summed E-state index contributed by atoms with van der Waals surface area (Å²) < 4.78 is 4.69. The Balaban J connectivity index is 1.77. The number of hydrogen-bond acceptors (Lipinski definition) is 7. The lowest BCUT2D eigenvalue weighted by molar-refractivity contribution is 0.0601. The van der Waals surface area contributed by atoms with Gasteiger partial charge in [0, 0.05) is 11.4 Å². The molecule has 0 spiro atoms. The first-order chi connectivity index (χ1) is 13.1. The maximum absolute atomic E-state index is 11.5. The fourth-order valence-corrected chi connectivity index (χ4v) is 2.50. The zero-order chi connectivity index (χ0) is 19.2. The zero-order valence-corrected chi connectivity index (χ0v) is 15.2. The van der Waals surface area contributed by atoms with Crippen LogP contribution < -0.4 is 16.4 Å². The molecule has 3 aromatic rings. The van der Waals surface area contributed by atoms with Crippen LogP contribution in [-0.2, 0) is 11.2 Å². The van der Waals surface area contributed by atoms with Gasteiger partial charge in [-0.05, 0) is 48.4 Å². The van der Waals surface area contributed by atoms with Crippen molar-refractivity contribution >= 4 is 34.7 Å². The molecular formula is C20H21N5O2. The normalized spacial score (nSPS) is 10.3. The first-order valence-electron chi connectivity index (χ1n) is 8.52. The number of anilines is 5. The SMILES string of the molecule is CCc1ccc(Nc2ncnc(Nc3ccc(C(=O)OC)cc3)c2N)cc1. The van der Waals surface area contributed by atoms with Gasteiger partial charge in [-0.2, -0.15) is 0 Å². The van der Waals surface area contributed by atoms with Crippen molar-refractivity contribution in [1.82, 2.24) is 9.97 Å². The molecule has 3 rings (SSSR count). The lowest BCUT2D eigenvalue weighted by Crippen LogP contribution is -2.05. The highest BCUT2D eigenvalue weighted by molar-refractivity contribution is 5.90. The van der Waals surface area contributed by atoms with Crippen LogP contribution in [0.25, 0.3) is 0 Å². The number of carbonyl (C=O) groups is 1. The summed E-state index contributed by atoms with van der Waals surface area (Å²) in [6, 6.07) is 14.9. The predicted molar refractivity (Wildman–Crippen MR) is 107 cm³/mol. The number of nitrogens with two attached hydrogens (primary N) is 1. The Kier molecular flexibility index (Phi) is 5.51. The van der Waals surface area contributed by atoms with Crippen molar-refractivity contribution in [3.05, 3.63) is 66.0 Å². The molecule has 0 radical (unpaired) electrons. The van der Waals surface area contributed by atoms with Gasteiger partial charge in [-0.25, -0.2) is 14.8 Å². The highest BCUT2D eigenvalue weighted by Gasteiger charge is 2.10. The Morgan fingerprint density at radius 2 is 1.48 bits per heavy atom. The van der Waals surface area contributed by atoms with Gasteiger partial charge in [-0.1, -0.05) is 19.1 Å². The standard InChI is InChI=1S/C20H21N5O2/c1-3-13-4-8-15(9-5-13)24-18-17(21)19(23-12-22-18)25-16-10-6-14(7-11-16)20(26)27-2/h4-12H,3,21H2,1-2H3,(H2,22,23,24,25). The molecule has 0 amide bonds. The molecule has 0 fully saturated rings. The molecule has 1 heterocycles. The zero-order valence-electron chi connectivity index (χ0n) is 15.2. The van der Waals surface area contributed by atoms with Crippen LogP contribution in [0.2, 0.25) is 0 Å². The maximum Gasteiger partial charge on any atom is 0.337 e. The summed E-state index contributed by atoms with van der Waals surface area (Å²) >= 11 is 0. The van der Waals surface area contributed by atoms with E-state index in [0.717, 1.165) is 17.8 Å². The van der Waals surface area contributed by atoms with Gasteiger partial charge in [0.1, 0.15) is 12.0 Å². The number of methoxy groups -OCH3 is 1. The van der Waals surface area contributed by atoms with E-state index >= 15 is 0 Å². The number of rotatable bonds is 6. The molecule has 0 aliphatic heterocycles. The third-order valence-corrected chi connectivity index (χ3v) is 4.08.